The van der Waals surface area contributed by atoms with Crippen molar-refractivity contribution in [2.24, 2.45) is 0 Å². The number of halogens is 3. The van der Waals surface area contributed by atoms with Crippen LogP contribution in [0.25, 0.3) is 5.70 Å². The van der Waals surface area contributed by atoms with Crippen LogP contribution in [0.2, 0.25) is 0 Å². The number of likely N-dealkylation sites (N-methyl/N-ethyl adjacent to an activating group) is 1. The van der Waals surface area contributed by atoms with Crippen molar-refractivity contribution in [1.82, 2.24) is 4.90 Å². The normalized spacial score (nSPS) is 14.7. The molecule has 0 saturated heterocycles. The van der Waals surface area contributed by atoms with Gasteiger partial charge < -0.3 is 14.4 Å². The Bertz CT molecular complexity index is 648. The van der Waals surface area contributed by atoms with E-state index in [1.54, 1.807) is 17.1 Å². The van der Waals surface area contributed by atoms with Crippen LogP contribution in [-0.2, 0) is 4.74 Å². The fourth-order valence-electron chi connectivity index (χ4n) is 2.31. The van der Waals surface area contributed by atoms with E-state index in [1.807, 2.05) is 6.92 Å². The Morgan fingerprint density at radius 3 is 2.39 bits per heavy atom. The number of benzene rings is 1. The molecule has 0 saturated carbocycles. The molecule has 0 aromatic heterocycles. The molecule has 0 unspecified atom stereocenters. The van der Waals surface area contributed by atoms with Crippen molar-refractivity contribution in [3.8, 4) is 5.75 Å². The van der Waals surface area contributed by atoms with Crippen molar-refractivity contribution in [2.45, 2.75) is 6.92 Å². The second-order valence-corrected chi connectivity index (χ2v) is 5.27. The standard InChI is InChI=1S/C17H18ClF2NO2/c1-4-21-11(2)13(18)5-6-16(21)17-14(19)9-12(10-15(17)20)23-8-7-22-3/h5-6,9-10H,2,4,7-8H2,1,3H3. The summed E-state index contributed by atoms with van der Waals surface area (Å²) in [6.45, 7) is 6.74. The molecule has 0 bridgehead atoms. The van der Waals surface area contributed by atoms with E-state index in [-0.39, 0.29) is 17.9 Å². The third kappa shape index (κ3) is 3.74. The van der Waals surface area contributed by atoms with Crippen molar-refractivity contribution in [3.63, 3.8) is 0 Å². The first-order valence-corrected chi connectivity index (χ1v) is 7.52. The zero-order valence-corrected chi connectivity index (χ0v) is 13.8. The summed E-state index contributed by atoms with van der Waals surface area (Å²) in [4.78, 5) is 1.66. The van der Waals surface area contributed by atoms with Crippen LogP contribution in [0.4, 0.5) is 8.78 Å². The largest absolute Gasteiger partial charge is 0.491 e. The second-order valence-electron chi connectivity index (χ2n) is 4.86. The molecule has 0 fully saturated rings. The Balaban J connectivity index is 2.38. The molecule has 6 heteroatoms. The van der Waals surface area contributed by atoms with E-state index in [2.05, 4.69) is 6.58 Å². The predicted molar refractivity (Wildman–Crippen MR) is 87.2 cm³/mol. The van der Waals surface area contributed by atoms with Gasteiger partial charge in [-0.3, -0.25) is 0 Å². The van der Waals surface area contributed by atoms with Gasteiger partial charge in [0, 0.05) is 25.8 Å². The van der Waals surface area contributed by atoms with Crippen LogP contribution < -0.4 is 4.74 Å². The molecule has 0 spiro atoms. The third-order valence-corrected chi connectivity index (χ3v) is 3.77. The molecular weight excluding hydrogens is 324 g/mol. The molecule has 1 heterocycles. The number of hydrogen-bond acceptors (Lipinski definition) is 3. The summed E-state index contributed by atoms with van der Waals surface area (Å²) in [5.74, 6) is -1.30. The molecule has 0 amide bonds. The molecule has 1 aliphatic rings. The van der Waals surface area contributed by atoms with E-state index in [4.69, 9.17) is 21.1 Å². The van der Waals surface area contributed by atoms with Crippen LogP contribution in [-0.4, -0.2) is 31.8 Å². The minimum absolute atomic E-state index is 0.118. The van der Waals surface area contributed by atoms with Crippen LogP contribution in [0.1, 0.15) is 12.5 Å². The molecule has 23 heavy (non-hydrogen) atoms. The number of hydrogen-bond donors (Lipinski definition) is 0. The maximum absolute atomic E-state index is 14.4. The van der Waals surface area contributed by atoms with Gasteiger partial charge in [-0.25, -0.2) is 8.78 Å². The lowest BCUT2D eigenvalue weighted by Gasteiger charge is -2.30. The van der Waals surface area contributed by atoms with Gasteiger partial charge in [0.2, 0.25) is 0 Å². The summed E-state index contributed by atoms with van der Waals surface area (Å²) in [5.41, 5.74) is 0.749. The lowest BCUT2D eigenvalue weighted by molar-refractivity contribution is 0.146. The first-order valence-electron chi connectivity index (χ1n) is 7.15. The molecular formula is C17H18ClF2NO2. The Kier molecular flexibility index (Phi) is 5.80. The number of nitrogens with zero attached hydrogens (tertiary/aromatic N) is 1. The second kappa shape index (κ2) is 7.62. The Morgan fingerprint density at radius 2 is 1.83 bits per heavy atom. The predicted octanol–water partition coefficient (Wildman–Crippen LogP) is 4.30. The van der Waals surface area contributed by atoms with E-state index in [0.717, 1.165) is 12.1 Å². The maximum Gasteiger partial charge on any atom is 0.139 e. The van der Waals surface area contributed by atoms with Crippen molar-refractivity contribution in [3.05, 3.63) is 58.8 Å². The van der Waals surface area contributed by atoms with Crippen LogP contribution in [0.3, 0.4) is 0 Å². The molecule has 0 N–H and O–H groups in total. The monoisotopic (exact) mass is 341 g/mol. The van der Waals surface area contributed by atoms with Gasteiger partial charge in [0.25, 0.3) is 0 Å². The number of methoxy groups -OCH3 is 1. The summed E-state index contributed by atoms with van der Waals surface area (Å²) in [5, 5.41) is 0.441. The smallest absolute Gasteiger partial charge is 0.139 e. The Morgan fingerprint density at radius 1 is 1.17 bits per heavy atom. The van der Waals surface area contributed by atoms with E-state index >= 15 is 0 Å². The zero-order valence-electron chi connectivity index (χ0n) is 13.0. The molecule has 3 nitrogen and oxygen atoms in total. The van der Waals surface area contributed by atoms with Crippen LogP contribution in [0, 0.1) is 11.6 Å². The Hall–Kier alpha value is -1.85. The van der Waals surface area contributed by atoms with Gasteiger partial charge in [-0.05, 0) is 19.1 Å². The number of allylic oxidation sites excluding steroid dienone is 3. The first kappa shape index (κ1) is 17.5. The molecule has 2 rings (SSSR count). The average molecular weight is 342 g/mol. The van der Waals surface area contributed by atoms with Crippen molar-refractivity contribution < 1.29 is 18.3 Å². The Labute approximate surface area is 139 Å². The molecule has 1 aliphatic heterocycles. The number of rotatable bonds is 6. The highest BCUT2D eigenvalue weighted by atomic mass is 35.5. The van der Waals surface area contributed by atoms with Crippen LogP contribution >= 0.6 is 11.6 Å². The summed E-state index contributed by atoms with van der Waals surface area (Å²) in [7, 11) is 1.52. The van der Waals surface area contributed by atoms with E-state index in [9.17, 15) is 8.78 Å². The first-order chi connectivity index (χ1) is 11.0. The maximum atomic E-state index is 14.4. The van der Waals surface area contributed by atoms with Gasteiger partial charge in [0.1, 0.15) is 24.0 Å². The van der Waals surface area contributed by atoms with Gasteiger partial charge in [-0.15, -0.1) is 0 Å². The van der Waals surface area contributed by atoms with Gasteiger partial charge in [-0.1, -0.05) is 18.2 Å². The highest BCUT2D eigenvalue weighted by molar-refractivity contribution is 6.32. The molecule has 0 aliphatic carbocycles. The van der Waals surface area contributed by atoms with Gasteiger partial charge in [-0.2, -0.15) is 0 Å². The minimum atomic E-state index is -0.707. The molecule has 0 radical (unpaired) electrons. The van der Waals surface area contributed by atoms with Crippen LogP contribution in [0.15, 0.2) is 41.6 Å². The fraction of sp³-hybridized carbons (Fsp3) is 0.294. The average Bonchev–Trinajstić information content (AvgIpc) is 2.50. The van der Waals surface area contributed by atoms with E-state index < -0.39 is 11.6 Å². The van der Waals surface area contributed by atoms with Gasteiger partial charge in [0.05, 0.1) is 28.6 Å². The van der Waals surface area contributed by atoms with E-state index in [0.29, 0.717) is 29.6 Å². The fourth-order valence-corrected chi connectivity index (χ4v) is 2.48. The minimum Gasteiger partial charge on any atom is -0.491 e. The van der Waals surface area contributed by atoms with Crippen LogP contribution in [0.5, 0.6) is 5.75 Å². The SMILES string of the molecule is C=C1C(Cl)=CC=C(c2c(F)cc(OCCOC)cc2F)N1CC. The quantitative estimate of drug-likeness (QED) is 0.720. The molecule has 124 valence electrons. The molecule has 1 aromatic rings. The molecule has 1 aromatic carbocycles. The zero-order chi connectivity index (χ0) is 17.0. The topological polar surface area (TPSA) is 21.7 Å². The summed E-state index contributed by atoms with van der Waals surface area (Å²) in [6.07, 6.45) is 3.15. The lowest BCUT2D eigenvalue weighted by atomic mass is 10.0. The van der Waals surface area contributed by atoms with Crippen molar-refractivity contribution in [2.75, 3.05) is 26.9 Å². The van der Waals surface area contributed by atoms with Crippen molar-refractivity contribution in [1.29, 1.82) is 0 Å². The lowest BCUT2D eigenvalue weighted by Crippen LogP contribution is -2.24. The van der Waals surface area contributed by atoms with Crippen molar-refractivity contribution >= 4 is 17.3 Å². The van der Waals surface area contributed by atoms with Gasteiger partial charge >= 0.3 is 0 Å². The summed E-state index contributed by atoms with van der Waals surface area (Å²) in [6, 6.07) is 2.32. The van der Waals surface area contributed by atoms with Gasteiger partial charge in [0.15, 0.2) is 0 Å². The highest BCUT2D eigenvalue weighted by Gasteiger charge is 2.24. The molecule has 0 atom stereocenters. The number of ether oxygens (including phenoxy) is 2. The van der Waals surface area contributed by atoms with E-state index in [1.165, 1.54) is 7.11 Å². The summed E-state index contributed by atoms with van der Waals surface area (Å²) >= 11 is 6.03. The third-order valence-electron chi connectivity index (χ3n) is 3.42. The highest BCUT2D eigenvalue weighted by Crippen LogP contribution is 2.35. The summed E-state index contributed by atoms with van der Waals surface area (Å²) < 4.78 is 39.0.